The number of H-pyrrole nitrogens is 1. The van der Waals surface area contributed by atoms with Crippen LogP contribution in [0.2, 0.25) is 0 Å². The Bertz CT molecular complexity index is 531. The molecule has 0 amide bonds. The third-order valence-electron chi connectivity index (χ3n) is 2.69. The van der Waals surface area contributed by atoms with Crippen molar-refractivity contribution in [1.82, 2.24) is 4.98 Å². The molecule has 1 heterocycles. The number of methoxy groups -OCH3 is 1. The fraction of sp³-hybridized carbons (Fsp3) is 0.250. The van der Waals surface area contributed by atoms with Crippen LogP contribution < -0.4 is 5.73 Å². The quantitative estimate of drug-likeness (QED) is 0.753. The van der Waals surface area contributed by atoms with Crippen LogP contribution in [0.1, 0.15) is 17.3 Å². The summed E-state index contributed by atoms with van der Waals surface area (Å²) < 4.78 is 4.61. The number of nitrogens with one attached hydrogen (secondary N) is 1. The van der Waals surface area contributed by atoms with E-state index < -0.39 is 12.0 Å². The summed E-state index contributed by atoms with van der Waals surface area (Å²) in [6.45, 7) is 2.02. The maximum atomic E-state index is 11.3. The van der Waals surface area contributed by atoms with Gasteiger partial charge in [0.1, 0.15) is 6.04 Å². The Morgan fingerprint density at radius 2 is 2.25 bits per heavy atom. The van der Waals surface area contributed by atoms with E-state index in [-0.39, 0.29) is 0 Å². The summed E-state index contributed by atoms with van der Waals surface area (Å²) in [4.78, 5) is 14.4. The summed E-state index contributed by atoms with van der Waals surface area (Å²) in [5.74, 6) is -0.441. The first-order chi connectivity index (χ1) is 7.63. The molecule has 1 atom stereocenters. The number of nitrogens with two attached hydrogens (primary N) is 1. The number of aromatic nitrogens is 1. The molecule has 84 valence electrons. The molecule has 4 nitrogen and oxygen atoms in total. The molecular weight excluding hydrogens is 204 g/mol. The highest BCUT2D eigenvalue weighted by Gasteiger charge is 2.18. The first-order valence-electron chi connectivity index (χ1n) is 5.05. The lowest BCUT2D eigenvalue weighted by Gasteiger charge is -2.05. The minimum absolute atomic E-state index is 0.441. The van der Waals surface area contributed by atoms with Crippen LogP contribution in [-0.2, 0) is 9.53 Å². The minimum Gasteiger partial charge on any atom is -0.468 e. The molecule has 3 N–H and O–H groups in total. The van der Waals surface area contributed by atoms with Gasteiger partial charge < -0.3 is 15.5 Å². The fourth-order valence-electron chi connectivity index (χ4n) is 1.75. The van der Waals surface area contributed by atoms with Crippen molar-refractivity contribution >= 4 is 16.9 Å². The van der Waals surface area contributed by atoms with Gasteiger partial charge in [0.15, 0.2) is 0 Å². The van der Waals surface area contributed by atoms with Crippen molar-refractivity contribution in [3.8, 4) is 0 Å². The maximum absolute atomic E-state index is 11.3. The molecule has 0 aliphatic heterocycles. The predicted molar refractivity (Wildman–Crippen MR) is 62.0 cm³/mol. The van der Waals surface area contributed by atoms with Crippen molar-refractivity contribution in [1.29, 1.82) is 0 Å². The second kappa shape index (κ2) is 3.98. The molecule has 0 radical (unpaired) electrons. The Kier molecular flexibility index (Phi) is 2.66. The predicted octanol–water partition coefficient (Wildman–Crippen LogP) is 1.65. The van der Waals surface area contributed by atoms with Crippen LogP contribution in [0.4, 0.5) is 0 Å². The summed E-state index contributed by atoms with van der Waals surface area (Å²) in [6, 6.07) is 7.07. The molecule has 0 spiro atoms. The standard InChI is InChI=1S/C12H14N2O2/c1-7-4-3-5-9-8(7)6-10(14-9)11(13)12(15)16-2/h3-6,11,14H,13H2,1-2H3. The van der Waals surface area contributed by atoms with E-state index in [2.05, 4.69) is 9.72 Å². The van der Waals surface area contributed by atoms with Crippen LogP contribution in [0.15, 0.2) is 24.3 Å². The summed E-state index contributed by atoms with van der Waals surface area (Å²) >= 11 is 0. The van der Waals surface area contributed by atoms with Crippen molar-refractivity contribution < 1.29 is 9.53 Å². The Balaban J connectivity index is 2.47. The molecular formula is C12H14N2O2. The van der Waals surface area contributed by atoms with Gasteiger partial charge in [0.2, 0.25) is 0 Å². The van der Waals surface area contributed by atoms with Crippen molar-refractivity contribution in [2.75, 3.05) is 7.11 Å². The van der Waals surface area contributed by atoms with Gasteiger partial charge >= 0.3 is 5.97 Å². The Labute approximate surface area is 93.4 Å². The number of aromatic amines is 1. The summed E-state index contributed by atoms with van der Waals surface area (Å²) in [7, 11) is 1.33. The number of hydrogen-bond donors (Lipinski definition) is 2. The van der Waals surface area contributed by atoms with Gasteiger partial charge in [-0.15, -0.1) is 0 Å². The van der Waals surface area contributed by atoms with Gasteiger partial charge in [0.05, 0.1) is 7.11 Å². The van der Waals surface area contributed by atoms with Gasteiger partial charge in [-0.2, -0.15) is 0 Å². The molecule has 1 unspecified atom stereocenters. The Morgan fingerprint density at radius 3 is 2.88 bits per heavy atom. The second-order valence-electron chi connectivity index (χ2n) is 3.76. The van der Waals surface area contributed by atoms with Crippen LogP contribution in [-0.4, -0.2) is 18.1 Å². The maximum Gasteiger partial charge on any atom is 0.328 e. The average molecular weight is 218 g/mol. The zero-order chi connectivity index (χ0) is 11.7. The third kappa shape index (κ3) is 1.67. The zero-order valence-electron chi connectivity index (χ0n) is 9.28. The molecule has 4 heteroatoms. The van der Waals surface area contributed by atoms with Crippen LogP contribution >= 0.6 is 0 Å². The monoisotopic (exact) mass is 218 g/mol. The van der Waals surface area contributed by atoms with Crippen LogP contribution in [0.5, 0.6) is 0 Å². The topological polar surface area (TPSA) is 68.1 Å². The summed E-state index contributed by atoms with van der Waals surface area (Å²) in [5, 5.41) is 1.08. The molecule has 16 heavy (non-hydrogen) atoms. The number of carbonyl (C=O) groups is 1. The molecule has 0 aliphatic carbocycles. The lowest BCUT2D eigenvalue weighted by atomic mass is 10.1. The molecule has 0 saturated heterocycles. The number of ether oxygens (including phenoxy) is 1. The van der Waals surface area contributed by atoms with E-state index in [0.717, 1.165) is 16.5 Å². The summed E-state index contributed by atoms with van der Waals surface area (Å²) in [6.07, 6.45) is 0. The first-order valence-corrected chi connectivity index (χ1v) is 5.05. The van der Waals surface area contributed by atoms with Crippen LogP contribution in [0, 0.1) is 6.92 Å². The van der Waals surface area contributed by atoms with Gasteiger partial charge in [-0.3, -0.25) is 0 Å². The zero-order valence-corrected chi connectivity index (χ0v) is 9.28. The van der Waals surface area contributed by atoms with Crippen LogP contribution in [0.3, 0.4) is 0 Å². The molecule has 2 aromatic rings. The van der Waals surface area contributed by atoms with Crippen molar-refractivity contribution in [3.63, 3.8) is 0 Å². The highest BCUT2D eigenvalue weighted by Crippen LogP contribution is 2.22. The van der Waals surface area contributed by atoms with E-state index in [1.807, 2.05) is 31.2 Å². The molecule has 0 bridgehead atoms. The SMILES string of the molecule is COC(=O)C(N)c1cc2c(C)cccc2[nH]1. The Hall–Kier alpha value is -1.81. The van der Waals surface area contributed by atoms with Gasteiger partial charge in [0, 0.05) is 16.6 Å². The number of rotatable bonds is 2. The van der Waals surface area contributed by atoms with Crippen molar-refractivity contribution in [2.24, 2.45) is 5.73 Å². The number of hydrogen-bond acceptors (Lipinski definition) is 3. The number of esters is 1. The van der Waals surface area contributed by atoms with E-state index in [0.29, 0.717) is 5.69 Å². The van der Waals surface area contributed by atoms with E-state index in [4.69, 9.17) is 5.73 Å². The highest BCUT2D eigenvalue weighted by molar-refractivity contribution is 5.86. The molecule has 1 aromatic heterocycles. The normalized spacial score (nSPS) is 12.7. The average Bonchev–Trinajstić information content (AvgIpc) is 2.72. The molecule has 0 saturated carbocycles. The lowest BCUT2D eigenvalue weighted by molar-refractivity contribution is -0.142. The molecule has 0 fully saturated rings. The number of carbonyl (C=O) groups excluding carboxylic acids is 1. The van der Waals surface area contributed by atoms with E-state index in [1.54, 1.807) is 0 Å². The Morgan fingerprint density at radius 1 is 1.50 bits per heavy atom. The minimum atomic E-state index is -0.753. The first kappa shape index (κ1) is 10.7. The largest absolute Gasteiger partial charge is 0.468 e. The molecule has 2 rings (SSSR count). The van der Waals surface area contributed by atoms with Gasteiger partial charge in [-0.25, -0.2) is 4.79 Å². The smallest absolute Gasteiger partial charge is 0.328 e. The van der Waals surface area contributed by atoms with E-state index in [1.165, 1.54) is 7.11 Å². The number of aryl methyl sites for hydroxylation is 1. The van der Waals surface area contributed by atoms with E-state index in [9.17, 15) is 4.79 Å². The molecule has 0 aliphatic rings. The third-order valence-corrected chi connectivity index (χ3v) is 2.69. The van der Waals surface area contributed by atoms with Gasteiger partial charge in [0.25, 0.3) is 0 Å². The fourth-order valence-corrected chi connectivity index (χ4v) is 1.75. The van der Waals surface area contributed by atoms with Gasteiger partial charge in [-0.05, 0) is 24.6 Å². The number of benzene rings is 1. The lowest BCUT2D eigenvalue weighted by Crippen LogP contribution is -2.22. The van der Waals surface area contributed by atoms with Crippen molar-refractivity contribution in [3.05, 3.63) is 35.5 Å². The number of fused-ring (bicyclic) bond motifs is 1. The van der Waals surface area contributed by atoms with Crippen molar-refractivity contribution in [2.45, 2.75) is 13.0 Å². The molecule has 1 aromatic carbocycles. The van der Waals surface area contributed by atoms with E-state index >= 15 is 0 Å². The van der Waals surface area contributed by atoms with Gasteiger partial charge in [-0.1, -0.05) is 12.1 Å². The highest BCUT2D eigenvalue weighted by atomic mass is 16.5. The summed E-state index contributed by atoms with van der Waals surface area (Å²) in [5.41, 5.74) is 8.57. The van der Waals surface area contributed by atoms with Crippen LogP contribution in [0.25, 0.3) is 10.9 Å². The second-order valence-corrected chi connectivity index (χ2v) is 3.76.